The minimum atomic E-state index is -0.212. The first kappa shape index (κ1) is 24.9. The van der Waals surface area contributed by atoms with Crippen LogP contribution in [0, 0.1) is 0 Å². The number of anilines is 4. The van der Waals surface area contributed by atoms with Gasteiger partial charge in [-0.05, 0) is 58.0 Å². The Bertz CT molecular complexity index is 1220. The number of likely N-dealkylation sites (N-methyl/N-ethyl adjacent to an activating group) is 1. The third kappa shape index (κ3) is 4.65. The second-order valence-corrected chi connectivity index (χ2v) is 10.7. The minimum absolute atomic E-state index is 0.212. The maximum absolute atomic E-state index is 13.3. The lowest BCUT2D eigenvalue weighted by Gasteiger charge is -2.43. The Hall–Kier alpha value is -2.81. The van der Waals surface area contributed by atoms with Crippen LogP contribution in [-0.4, -0.2) is 71.6 Å². The summed E-state index contributed by atoms with van der Waals surface area (Å²) in [6.45, 7) is 6.83. The molecule has 0 radical (unpaired) electrons. The van der Waals surface area contributed by atoms with E-state index in [0.717, 1.165) is 25.2 Å². The molecule has 5 rings (SSSR count). The van der Waals surface area contributed by atoms with E-state index in [9.17, 15) is 4.79 Å². The molecule has 10 heteroatoms. The Morgan fingerprint density at radius 1 is 1.06 bits per heavy atom. The Labute approximate surface area is 222 Å². The smallest absolute Gasteiger partial charge is 0.265 e. The molecule has 3 aliphatic rings. The minimum Gasteiger partial charge on any atom is -0.368 e. The van der Waals surface area contributed by atoms with Crippen molar-refractivity contribution >= 4 is 52.3 Å². The number of benzene rings is 1. The van der Waals surface area contributed by atoms with Crippen molar-refractivity contribution < 1.29 is 4.79 Å². The van der Waals surface area contributed by atoms with Gasteiger partial charge in [-0.25, -0.2) is 4.98 Å². The van der Waals surface area contributed by atoms with Crippen molar-refractivity contribution in [3.63, 3.8) is 0 Å². The van der Waals surface area contributed by atoms with Crippen LogP contribution in [0.3, 0.4) is 0 Å². The van der Waals surface area contributed by atoms with E-state index < -0.39 is 0 Å². The third-order valence-electron chi connectivity index (χ3n) is 7.25. The molecule has 0 saturated carbocycles. The molecule has 36 heavy (non-hydrogen) atoms. The average Bonchev–Trinajstić information content (AvgIpc) is 2.85. The zero-order valence-electron chi connectivity index (χ0n) is 21.0. The van der Waals surface area contributed by atoms with Gasteiger partial charge in [-0.1, -0.05) is 29.3 Å². The van der Waals surface area contributed by atoms with E-state index in [-0.39, 0.29) is 5.91 Å². The number of carbonyl (C=O) groups excluding carboxylic acids is 1. The Morgan fingerprint density at radius 3 is 2.42 bits per heavy atom. The first-order chi connectivity index (χ1) is 17.2. The van der Waals surface area contributed by atoms with E-state index in [0.29, 0.717) is 58.3 Å². The molecule has 1 fully saturated rings. The van der Waals surface area contributed by atoms with E-state index >= 15 is 0 Å². The Balaban J connectivity index is 1.32. The highest BCUT2D eigenvalue weighted by Gasteiger charge is 2.34. The van der Waals surface area contributed by atoms with Crippen LogP contribution in [0.4, 0.5) is 23.1 Å². The predicted molar refractivity (Wildman–Crippen MR) is 146 cm³/mol. The standard InChI is InChI=1S/C26H31Cl2N7O/c1-16-13-34(14-17(2)33(16)4)19-10-8-18(9-11-19)30-26-29-12-20-24(31-26)32(3)15-35(25(20)36)23-21(27)6-5-7-22(23)28/h6,8-12,16-17H,5,7,13-15H2,1-4H3,(H,29,30,31)/t16-,17+. The summed E-state index contributed by atoms with van der Waals surface area (Å²) in [5.74, 6) is 0.791. The highest BCUT2D eigenvalue weighted by Crippen LogP contribution is 2.37. The molecule has 1 N–H and O–H groups in total. The molecule has 2 aliphatic heterocycles. The van der Waals surface area contributed by atoms with E-state index in [1.165, 1.54) is 5.69 Å². The maximum Gasteiger partial charge on any atom is 0.265 e. The number of aromatic nitrogens is 2. The SMILES string of the molecule is C[C@@H]1CN(c2ccc(Nc3ncc4c(n3)N(C)CN(C3=C(Cl)CCC=C3Cl)C4=O)cc2)C[C@H](C)N1C. The van der Waals surface area contributed by atoms with Gasteiger partial charge in [0.15, 0.2) is 0 Å². The first-order valence-electron chi connectivity index (χ1n) is 12.2. The van der Waals surface area contributed by atoms with Crippen LogP contribution in [0.1, 0.15) is 37.0 Å². The fourth-order valence-corrected chi connectivity index (χ4v) is 5.67. The number of amides is 1. The zero-order chi connectivity index (χ0) is 25.6. The molecule has 8 nitrogen and oxygen atoms in total. The van der Waals surface area contributed by atoms with Crippen molar-refractivity contribution in [3.05, 3.63) is 57.9 Å². The molecule has 0 spiro atoms. The van der Waals surface area contributed by atoms with E-state index in [4.69, 9.17) is 23.2 Å². The molecule has 0 bridgehead atoms. The summed E-state index contributed by atoms with van der Waals surface area (Å²) in [7, 11) is 4.08. The third-order valence-corrected chi connectivity index (χ3v) is 7.95. The second-order valence-electron chi connectivity index (χ2n) is 9.79. The lowest BCUT2D eigenvalue weighted by molar-refractivity contribution is 0.0797. The molecule has 1 aliphatic carbocycles. The normalized spacial score (nSPS) is 23.1. The van der Waals surface area contributed by atoms with Gasteiger partial charge in [-0.15, -0.1) is 0 Å². The molecule has 1 saturated heterocycles. The number of rotatable bonds is 4. The van der Waals surface area contributed by atoms with Gasteiger partial charge in [-0.3, -0.25) is 14.6 Å². The fourth-order valence-electron chi connectivity index (χ4n) is 4.98. The lowest BCUT2D eigenvalue weighted by Crippen LogP contribution is -2.55. The van der Waals surface area contributed by atoms with Crippen LogP contribution in [-0.2, 0) is 0 Å². The summed E-state index contributed by atoms with van der Waals surface area (Å²) in [5.41, 5.74) is 3.07. The van der Waals surface area contributed by atoms with Gasteiger partial charge < -0.3 is 15.1 Å². The van der Waals surface area contributed by atoms with E-state index in [1.54, 1.807) is 11.1 Å². The van der Waals surface area contributed by atoms with Crippen molar-refractivity contribution in [1.29, 1.82) is 0 Å². The maximum atomic E-state index is 13.3. The van der Waals surface area contributed by atoms with Gasteiger partial charge in [0.1, 0.15) is 11.4 Å². The molecule has 2 aromatic rings. The summed E-state index contributed by atoms with van der Waals surface area (Å²) < 4.78 is 0. The van der Waals surface area contributed by atoms with Gasteiger partial charge >= 0.3 is 0 Å². The molecule has 190 valence electrons. The number of fused-ring (bicyclic) bond motifs is 1. The van der Waals surface area contributed by atoms with Gasteiger partial charge in [-0.2, -0.15) is 4.98 Å². The van der Waals surface area contributed by atoms with Crippen molar-refractivity contribution in [2.24, 2.45) is 0 Å². The summed E-state index contributed by atoms with van der Waals surface area (Å²) in [5, 5.41) is 4.36. The van der Waals surface area contributed by atoms with Crippen LogP contribution in [0.15, 0.2) is 52.3 Å². The molecular weight excluding hydrogens is 497 g/mol. The van der Waals surface area contributed by atoms with Gasteiger partial charge in [0, 0.05) is 54.8 Å². The predicted octanol–water partition coefficient (Wildman–Crippen LogP) is 4.97. The first-order valence-corrected chi connectivity index (χ1v) is 13.0. The number of allylic oxidation sites excluding steroid dienone is 3. The van der Waals surface area contributed by atoms with E-state index in [1.807, 2.05) is 30.2 Å². The van der Waals surface area contributed by atoms with Crippen LogP contribution in [0.2, 0.25) is 0 Å². The highest BCUT2D eigenvalue weighted by atomic mass is 35.5. The molecule has 0 unspecified atom stereocenters. The lowest BCUT2D eigenvalue weighted by atomic mass is 10.1. The molecular formula is C26H31Cl2N7O. The van der Waals surface area contributed by atoms with Crippen LogP contribution < -0.4 is 15.1 Å². The van der Waals surface area contributed by atoms with Crippen LogP contribution in [0.25, 0.3) is 0 Å². The van der Waals surface area contributed by atoms with Crippen LogP contribution in [0.5, 0.6) is 0 Å². The number of carbonyl (C=O) groups is 1. The van der Waals surface area contributed by atoms with Crippen molar-refractivity contribution in [1.82, 2.24) is 19.8 Å². The monoisotopic (exact) mass is 527 g/mol. The van der Waals surface area contributed by atoms with Gasteiger partial charge in [0.05, 0.1) is 17.4 Å². The Kier molecular flexibility index (Phi) is 6.85. The Morgan fingerprint density at radius 2 is 1.75 bits per heavy atom. The molecule has 1 aromatic heterocycles. The largest absolute Gasteiger partial charge is 0.368 e. The number of hydrogen-bond acceptors (Lipinski definition) is 7. The molecule has 3 heterocycles. The number of hydrogen-bond donors (Lipinski definition) is 1. The topological polar surface area (TPSA) is 67.8 Å². The van der Waals surface area contributed by atoms with Crippen molar-refractivity contribution in [2.45, 2.75) is 38.8 Å². The fraction of sp³-hybridized carbons (Fsp3) is 0.423. The molecule has 1 aromatic carbocycles. The van der Waals surface area contributed by atoms with Gasteiger partial charge in [0.25, 0.3) is 5.91 Å². The van der Waals surface area contributed by atoms with E-state index in [2.05, 4.69) is 58.1 Å². The second kappa shape index (κ2) is 9.92. The van der Waals surface area contributed by atoms with Gasteiger partial charge in [0.2, 0.25) is 5.95 Å². The number of halogens is 2. The van der Waals surface area contributed by atoms with Crippen LogP contribution >= 0.6 is 23.2 Å². The number of nitrogens with one attached hydrogen (secondary N) is 1. The summed E-state index contributed by atoms with van der Waals surface area (Å²) in [6, 6.07) is 9.32. The average molecular weight is 528 g/mol. The quantitative estimate of drug-likeness (QED) is 0.602. The zero-order valence-corrected chi connectivity index (χ0v) is 22.5. The summed E-state index contributed by atoms with van der Waals surface area (Å²) >= 11 is 12.9. The summed E-state index contributed by atoms with van der Waals surface area (Å²) in [6.07, 6.45) is 4.89. The van der Waals surface area contributed by atoms with Crippen molar-refractivity contribution in [2.75, 3.05) is 49.0 Å². The van der Waals surface area contributed by atoms with Crippen molar-refractivity contribution in [3.8, 4) is 0 Å². The summed E-state index contributed by atoms with van der Waals surface area (Å²) in [4.78, 5) is 30.7. The number of nitrogens with zero attached hydrogens (tertiary/aromatic N) is 6. The highest BCUT2D eigenvalue weighted by molar-refractivity contribution is 6.36. The number of piperazine rings is 1. The molecule has 2 atom stereocenters. The molecule has 1 amide bonds.